The van der Waals surface area contributed by atoms with Crippen molar-refractivity contribution in [3.63, 3.8) is 0 Å². The Morgan fingerprint density at radius 1 is 1.29 bits per heavy atom. The van der Waals surface area contributed by atoms with Gasteiger partial charge in [-0.3, -0.25) is 4.79 Å². The molecule has 1 saturated carbocycles. The molecule has 0 unspecified atom stereocenters. The zero-order chi connectivity index (χ0) is 13.1. The number of carbonyl (C=O) groups excluding carboxylic acids is 1. The molecule has 0 spiro atoms. The SMILES string of the molecule is C[C@@H](N)C(=O)OC1CCC(NC(C)(C)C)CC1. The van der Waals surface area contributed by atoms with Crippen LogP contribution in [-0.2, 0) is 9.53 Å². The second-order valence-electron chi connectivity index (χ2n) is 6.09. The molecule has 1 fully saturated rings. The normalized spacial score (nSPS) is 27.6. The summed E-state index contributed by atoms with van der Waals surface area (Å²) in [5, 5.41) is 3.59. The van der Waals surface area contributed by atoms with Gasteiger partial charge in [0.15, 0.2) is 0 Å². The van der Waals surface area contributed by atoms with Crippen molar-refractivity contribution in [2.45, 2.75) is 77.1 Å². The van der Waals surface area contributed by atoms with Crippen molar-refractivity contribution >= 4 is 5.97 Å². The minimum absolute atomic E-state index is 0.0616. The third-order valence-electron chi connectivity index (χ3n) is 2.97. The first-order chi connectivity index (χ1) is 7.78. The van der Waals surface area contributed by atoms with E-state index in [1.807, 2.05) is 0 Å². The number of rotatable bonds is 3. The van der Waals surface area contributed by atoms with Crippen LogP contribution in [0.3, 0.4) is 0 Å². The van der Waals surface area contributed by atoms with Crippen LogP contribution in [0.15, 0.2) is 0 Å². The van der Waals surface area contributed by atoms with Crippen LogP contribution in [0, 0.1) is 0 Å². The Bertz CT molecular complexity index is 251. The van der Waals surface area contributed by atoms with Gasteiger partial charge >= 0.3 is 5.97 Å². The summed E-state index contributed by atoms with van der Waals surface area (Å²) >= 11 is 0. The molecule has 0 aromatic carbocycles. The van der Waals surface area contributed by atoms with Gasteiger partial charge < -0.3 is 15.8 Å². The van der Waals surface area contributed by atoms with Crippen molar-refractivity contribution in [2.24, 2.45) is 5.73 Å². The Morgan fingerprint density at radius 3 is 2.24 bits per heavy atom. The van der Waals surface area contributed by atoms with E-state index in [9.17, 15) is 4.79 Å². The van der Waals surface area contributed by atoms with Crippen molar-refractivity contribution in [1.82, 2.24) is 5.32 Å². The molecule has 0 amide bonds. The minimum Gasteiger partial charge on any atom is -0.461 e. The molecule has 0 aromatic heterocycles. The second-order valence-corrected chi connectivity index (χ2v) is 6.09. The smallest absolute Gasteiger partial charge is 0.322 e. The maximum atomic E-state index is 11.4. The Hall–Kier alpha value is -0.610. The second kappa shape index (κ2) is 5.83. The first-order valence-electron chi connectivity index (χ1n) is 6.51. The molecule has 3 N–H and O–H groups in total. The Labute approximate surface area is 104 Å². The lowest BCUT2D eigenvalue weighted by molar-refractivity contribution is -0.151. The zero-order valence-corrected chi connectivity index (χ0v) is 11.5. The van der Waals surface area contributed by atoms with Gasteiger partial charge in [-0.1, -0.05) is 0 Å². The molecule has 100 valence electrons. The predicted molar refractivity (Wildman–Crippen MR) is 68.7 cm³/mol. The third kappa shape index (κ3) is 5.50. The molecule has 4 heteroatoms. The molecule has 1 aliphatic carbocycles. The number of ether oxygens (including phenoxy) is 1. The molecular formula is C13H26N2O2. The molecule has 0 bridgehead atoms. The fraction of sp³-hybridized carbons (Fsp3) is 0.923. The summed E-state index contributed by atoms with van der Waals surface area (Å²) in [4.78, 5) is 11.4. The van der Waals surface area contributed by atoms with Crippen LogP contribution in [0.1, 0.15) is 53.4 Å². The molecule has 0 heterocycles. The van der Waals surface area contributed by atoms with Crippen molar-refractivity contribution in [3.05, 3.63) is 0 Å². The predicted octanol–water partition coefficient (Wildman–Crippen LogP) is 1.58. The van der Waals surface area contributed by atoms with Crippen LogP contribution in [0.4, 0.5) is 0 Å². The number of nitrogens with one attached hydrogen (secondary N) is 1. The van der Waals surface area contributed by atoms with Crippen LogP contribution in [-0.4, -0.2) is 29.7 Å². The molecule has 1 aliphatic rings. The van der Waals surface area contributed by atoms with Gasteiger partial charge in [0.1, 0.15) is 12.1 Å². The fourth-order valence-corrected chi connectivity index (χ4v) is 2.21. The van der Waals surface area contributed by atoms with E-state index in [4.69, 9.17) is 10.5 Å². The summed E-state index contributed by atoms with van der Waals surface area (Å²) in [5.74, 6) is -0.280. The number of carbonyl (C=O) groups is 1. The zero-order valence-electron chi connectivity index (χ0n) is 11.5. The summed E-state index contributed by atoms with van der Waals surface area (Å²) in [6.45, 7) is 8.19. The van der Waals surface area contributed by atoms with E-state index in [-0.39, 0.29) is 17.6 Å². The first kappa shape index (κ1) is 14.5. The number of nitrogens with two attached hydrogens (primary N) is 1. The first-order valence-corrected chi connectivity index (χ1v) is 6.51. The summed E-state index contributed by atoms with van der Waals surface area (Å²) in [6.07, 6.45) is 4.06. The molecule has 1 atom stereocenters. The molecule has 0 saturated heterocycles. The van der Waals surface area contributed by atoms with Crippen LogP contribution in [0.2, 0.25) is 0 Å². The molecule has 0 aromatic rings. The molecule has 4 nitrogen and oxygen atoms in total. The van der Waals surface area contributed by atoms with Gasteiger partial charge in [0, 0.05) is 11.6 Å². The summed E-state index contributed by atoms with van der Waals surface area (Å²) in [5.41, 5.74) is 5.63. The van der Waals surface area contributed by atoms with E-state index >= 15 is 0 Å². The fourth-order valence-electron chi connectivity index (χ4n) is 2.21. The number of hydrogen-bond donors (Lipinski definition) is 2. The Kier molecular flexibility index (Phi) is 4.95. The van der Waals surface area contributed by atoms with Crippen molar-refractivity contribution in [3.8, 4) is 0 Å². The summed E-state index contributed by atoms with van der Waals surface area (Å²) in [6, 6.07) is 0.0284. The monoisotopic (exact) mass is 242 g/mol. The largest absolute Gasteiger partial charge is 0.461 e. The van der Waals surface area contributed by atoms with Crippen LogP contribution in [0.5, 0.6) is 0 Å². The number of hydrogen-bond acceptors (Lipinski definition) is 4. The molecular weight excluding hydrogens is 216 g/mol. The molecule has 1 rings (SSSR count). The maximum absolute atomic E-state index is 11.4. The highest BCUT2D eigenvalue weighted by molar-refractivity contribution is 5.75. The van der Waals surface area contributed by atoms with E-state index in [0.717, 1.165) is 25.7 Å². The molecule has 0 aliphatic heterocycles. The Balaban J connectivity index is 2.29. The van der Waals surface area contributed by atoms with Gasteiger partial charge in [0.25, 0.3) is 0 Å². The standard InChI is InChI=1S/C13H26N2O2/c1-9(14)12(16)17-11-7-5-10(6-8-11)15-13(2,3)4/h9-11,15H,5-8,14H2,1-4H3/t9-,10?,11?/m1/s1. The highest BCUT2D eigenvalue weighted by Gasteiger charge is 2.26. The Morgan fingerprint density at radius 2 is 1.82 bits per heavy atom. The van der Waals surface area contributed by atoms with Crippen LogP contribution >= 0.6 is 0 Å². The van der Waals surface area contributed by atoms with E-state index in [1.54, 1.807) is 6.92 Å². The van der Waals surface area contributed by atoms with Gasteiger partial charge in [-0.25, -0.2) is 0 Å². The average molecular weight is 242 g/mol. The van der Waals surface area contributed by atoms with E-state index in [0.29, 0.717) is 6.04 Å². The highest BCUT2D eigenvalue weighted by Crippen LogP contribution is 2.23. The lowest BCUT2D eigenvalue weighted by Crippen LogP contribution is -2.46. The lowest BCUT2D eigenvalue weighted by Gasteiger charge is -2.34. The highest BCUT2D eigenvalue weighted by atomic mass is 16.5. The average Bonchev–Trinajstić information content (AvgIpc) is 2.18. The van der Waals surface area contributed by atoms with Crippen LogP contribution < -0.4 is 11.1 Å². The van der Waals surface area contributed by atoms with Gasteiger partial charge in [-0.15, -0.1) is 0 Å². The van der Waals surface area contributed by atoms with Gasteiger partial charge in [-0.2, -0.15) is 0 Å². The van der Waals surface area contributed by atoms with Gasteiger partial charge in [0.05, 0.1) is 0 Å². The van der Waals surface area contributed by atoms with Gasteiger partial charge in [-0.05, 0) is 53.4 Å². The summed E-state index contributed by atoms with van der Waals surface area (Å²) in [7, 11) is 0. The van der Waals surface area contributed by atoms with Gasteiger partial charge in [0.2, 0.25) is 0 Å². The van der Waals surface area contributed by atoms with E-state index in [2.05, 4.69) is 26.1 Å². The quantitative estimate of drug-likeness (QED) is 0.737. The van der Waals surface area contributed by atoms with Crippen molar-refractivity contribution in [2.75, 3.05) is 0 Å². The van der Waals surface area contributed by atoms with E-state index in [1.165, 1.54) is 0 Å². The third-order valence-corrected chi connectivity index (χ3v) is 2.97. The van der Waals surface area contributed by atoms with Crippen LogP contribution in [0.25, 0.3) is 0 Å². The maximum Gasteiger partial charge on any atom is 0.322 e. The summed E-state index contributed by atoms with van der Waals surface area (Å²) < 4.78 is 5.34. The van der Waals surface area contributed by atoms with Crippen molar-refractivity contribution < 1.29 is 9.53 Å². The lowest BCUT2D eigenvalue weighted by atomic mass is 9.91. The number of esters is 1. The molecule has 0 radical (unpaired) electrons. The van der Waals surface area contributed by atoms with E-state index < -0.39 is 6.04 Å². The van der Waals surface area contributed by atoms with Crippen molar-refractivity contribution in [1.29, 1.82) is 0 Å². The topological polar surface area (TPSA) is 64.4 Å². The minimum atomic E-state index is -0.513. The molecule has 17 heavy (non-hydrogen) atoms.